The highest BCUT2D eigenvalue weighted by atomic mass is 32.2. The van der Waals surface area contributed by atoms with E-state index < -0.39 is 0 Å². The molecule has 4 heteroatoms. The van der Waals surface area contributed by atoms with E-state index >= 15 is 0 Å². The van der Waals surface area contributed by atoms with Crippen LogP contribution < -0.4 is 11.1 Å². The van der Waals surface area contributed by atoms with Crippen molar-refractivity contribution in [3.8, 4) is 0 Å². The van der Waals surface area contributed by atoms with Crippen LogP contribution in [-0.2, 0) is 0 Å². The molecule has 14 heavy (non-hydrogen) atoms. The van der Waals surface area contributed by atoms with Crippen LogP contribution >= 0.6 is 11.8 Å². The topological polar surface area (TPSA) is 50.4 Å². The molecule has 1 aliphatic rings. The van der Waals surface area contributed by atoms with E-state index in [1.54, 1.807) is 0 Å². The highest BCUT2D eigenvalue weighted by Gasteiger charge is 2.41. The normalized spacial score (nSPS) is 20.7. The van der Waals surface area contributed by atoms with Gasteiger partial charge in [-0.25, -0.2) is 0 Å². The van der Waals surface area contributed by atoms with Gasteiger partial charge in [0.2, 0.25) is 0 Å². The summed E-state index contributed by atoms with van der Waals surface area (Å²) in [5, 5.41) is 3.16. The summed E-state index contributed by atoms with van der Waals surface area (Å²) in [6.45, 7) is 7.09. The van der Waals surface area contributed by atoms with Gasteiger partial charge >= 0.3 is 0 Å². The van der Waals surface area contributed by atoms with Crippen LogP contribution in [0.15, 0.2) is 4.99 Å². The number of nitrogens with one attached hydrogen (secondary N) is 1. The number of rotatable bonds is 3. The van der Waals surface area contributed by atoms with E-state index in [1.165, 1.54) is 12.8 Å². The average Bonchev–Trinajstić information content (AvgIpc) is 2.78. The van der Waals surface area contributed by atoms with Crippen molar-refractivity contribution >= 4 is 17.7 Å². The molecule has 1 saturated carbocycles. The number of nitrogens with zero attached hydrogens (tertiary/aromatic N) is 1. The Balaban J connectivity index is 2.37. The lowest BCUT2D eigenvalue weighted by atomic mass is 10.1. The largest absolute Gasteiger partial charge is 0.370 e. The number of aliphatic imine (C=N–C) groups is 1. The van der Waals surface area contributed by atoms with E-state index in [9.17, 15) is 0 Å². The van der Waals surface area contributed by atoms with Crippen molar-refractivity contribution in [3.05, 3.63) is 0 Å². The SMILES string of the molecule is CSC1(CN=C(N)NC(C)(C)C)CC1. The molecule has 0 aromatic rings. The van der Waals surface area contributed by atoms with Gasteiger partial charge in [-0.15, -0.1) is 0 Å². The van der Waals surface area contributed by atoms with Crippen LogP contribution in [0.1, 0.15) is 33.6 Å². The van der Waals surface area contributed by atoms with Crippen LogP contribution in [0.5, 0.6) is 0 Å². The molecule has 82 valence electrons. The zero-order chi connectivity index (χ0) is 10.8. The monoisotopic (exact) mass is 215 g/mol. The van der Waals surface area contributed by atoms with E-state index in [0.717, 1.165) is 6.54 Å². The fraction of sp³-hybridized carbons (Fsp3) is 0.900. The third kappa shape index (κ3) is 3.78. The average molecular weight is 215 g/mol. The van der Waals surface area contributed by atoms with E-state index in [-0.39, 0.29) is 5.54 Å². The van der Waals surface area contributed by atoms with Gasteiger partial charge in [0.05, 0.1) is 6.54 Å². The van der Waals surface area contributed by atoms with Crippen LogP contribution in [-0.4, -0.2) is 29.0 Å². The molecule has 0 bridgehead atoms. The molecule has 0 unspecified atom stereocenters. The molecule has 0 saturated heterocycles. The highest BCUT2D eigenvalue weighted by molar-refractivity contribution is 8.00. The predicted molar refractivity (Wildman–Crippen MR) is 64.9 cm³/mol. The first kappa shape index (κ1) is 11.7. The van der Waals surface area contributed by atoms with Gasteiger partial charge in [-0.3, -0.25) is 4.99 Å². The molecule has 0 heterocycles. The lowest BCUT2D eigenvalue weighted by Crippen LogP contribution is -2.45. The zero-order valence-electron chi connectivity index (χ0n) is 9.55. The second-order valence-electron chi connectivity index (χ2n) is 4.96. The Labute approximate surface area is 90.9 Å². The van der Waals surface area contributed by atoms with Crippen molar-refractivity contribution < 1.29 is 0 Å². The van der Waals surface area contributed by atoms with Gasteiger partial charge in [0.15, 0.2) is 5.96 Å². The van der Waals surface area contributed by atoms with Gasteiger partial charge in [-0.2, -0.15) is 11.8 Å². The molecule has 1 aliphatic carbocycles. The molecule has 0 aliphatic heterocycles. The zero-order valence-corrected chi connectivity index (χ0v) is 10.4. The molecular weight excluding hydrogens is 194 g/mol. The molecule has 1 fully saturated rings. The lowest BCUT2D eigenvalue weighted by Gasteiger charge is -2.21. The smallest absolute Gasteiger partial charge is 0.189 e. The van der Waals surface area contributed by atoms with Crippen molar-refractivity contribution in [2.75, 3.05) is 12.8 Å². The van der Waals surface area contributed by atoms with E-state index in [0.29, 0.717) is 10.7 Å². The number of guanidine groups is 1. The van der Waals surface area contributed by atoms with Gasteiger partial charge < -0.3 is 11.1 Å². The summed E-state index contributed by atoms with van der Waals surface area (Å²) in [4.78, 5) is 4.38. The second kappa shape index (κ2) is 4.01. The Morgan fingerprint density at radius 2 is 2.07 bits per heavy atom. The molecule has 0 radical (unpaired) electrons. The summed E-state index contributed by atoms with van der Waals surface area (Å²) in [7, 11) is 0. The third-order valence-corrected chi connectivity index (χ3v) is 3.68. The number of hydrogen-bond donors (Lipinski definition) is 2. The third-order valence-electron chi connectivity index (χ3n) is 2.28. The first-order valence-electron chi connectivity index (χ1n) is 5.00. The van der Waals surface area contributed by atoms with Gasteiger partial charge in [0.25, 0.3) is 0 Å². The minimum absolute atomic E-state index is 0.00363. The molecule has 0 amide bonds. The fourth-order valence-corrected chi connectivity index (χ4v) is 1.92. The molecule has 0 aromatic heterocycles. The number of thioether (sulfide) groups is 1. The minimum Gasteiger partial charge on any atom is -0.370 e. The maximum atomic E-state index is 5.78. The van der Waals surface area contributed by atoms with Crippen LogP contribution in [0.3, 0.4) is 0 Å². The molecule has 1 rings (SSSR count). The van der Waals surface area contributed by atoms with Crippen molar-refractivity contribution in [3.63, 3.8) is 0 Å². The maximum Gasteiger partial charge on any atom is 0.189 e. The quantitative estimate of drug-likeness (QED) is 0.555. The standard InChI is InChI=1S/C10H21N3S/c1-9(2,3)13-8(11)12-7-10(14-4)5-6-10/h5-7H2,1-4H3,(H3,11,12,13). The van der Waals surface area contributed by atoms with Crippen LogP contribution in [0.25, 0.3) is 0 Å². The summed E-state index contributed by atoms with van der Waals surface area (Å²) >= 11 is 1.91. The summed E-state index contributed by atoms with van der Waals surface area (Å²) in [5.74, 6) is 0.567. The second-order valence-corrected chi connectivity index (χ2v) is 6.24. The van der Waals surface area contributed by atoms with Crippen molar-refractivity contribution in [1.82, 2.24) is 5.32 Å². The maximum absolute atomic E-state index is 5.78. The fourth-order valence-electron chi connectivity index (χ4n) is 1.22. The van der Waals surface area contributed by atoms with Gasteiger partial charge in [-0.05, 0) is 39.9 Å². The van der Waals surface area contributed by atoms with Gasteiger partial charge in [0, 0.05) is 10.3 Å². The first-order valence-corrected chi connectivity index (χ1v) is 6.23. The van der Waals surface area contributed by atoms with Gasteiger partial charge in [0.1, 0.15) is 0 Å². The summed E-state index contributed by atoms with van der Waals surface area (Å²) in [5.41, 5.74) is 5.78. The van der Waals surface area contributed by atoms with Crippen LogP contribution in [0.4, 0.5) is 0 Å². The number of hydrogen-bond acceptors (Lipinski definition) is 2. The van der Waals surface area contributed by atoms with E-state index in [1.807, 2.05) is 11.8 Å². The highest BCUT2D eigenvalue weighted by Crippen LogP contribution is 2.47. The Morgan fingerprint density at radius 1 is 1.50 bits per heavy atom. The molecule has 0 aromatic carbocycles. The summed E-state index contributed by atoms with van der Waals surface area (Å²) in [6.07, 6.45) is 4.71. The van der Waals surface area contributed by atoms with Crippen LogP contribution in [0, 0.1) is 0 Å². The predicted octanol–water partition coefficient (Wildman–Crippen LogP) is 1.58. The molecule has 0 atom stereocenters. The Morgan fingerprint density at radius 3 is 2.43 bits per heavy atom. The van der Waals surface area contributed by atoms with E-state index in [2.05, 4.69) is 37.3 Å². The molecule has 3 nitrogen and oxygen atoms in total. The Bertz CT molecular complexity index is 226. The molecule has 3 N–H and O–H groups in total. The van der Waals surface area contributed by atoms with Gasteiger partial charge in [-0.1, -0.05) is 0 Å². The first-order chi connectivity index (χ1) is 6.37. The lowest BCUT2D eigenvalue weighted by molar-refractivity contribution is 0.508. The summed E-state index contributed by atoms with van der Waals surface area (Å²) in [6, 6.07) is 0. The van der Waals surface area contributed by atoms with E-state index in [4.69, 9.17) is 5.73 Å². The minimum atomic E-state index is 0.00363. The Hall–Kier alpha value is -0.380. The number of nitrogens with two attached hydrogens (primary N) is 1. The van der Waals surface area contributed by atoms with Crippen molar-refractivity contribution in [2.24, 2.45) is 10.7 Å². The van der Waals surface area contributed by atoms with Crippen LogP contribution in [0.2, 0.25) is 0 Å². The molecule has 0 spiro atoms. The molecular formula is C10H21N3S. The Kier molecular flexibility index (Phi) is 3.35. The van der Waals surface area contributed by atoms with Crippen molar-refractivity contribution in [1.29, 1.82) is 0 Å². The summed E-state index contributed by atoms with van der Waals surface area (Å²) < 4.78 is 0.407. The van der Waals surface area contributed by atoms with Crippen molar-refractivity contribution in [2.45, 2.75) is 43.9 Å².